The Morgan fingerprint density at radius 2 is 1.83 bits per heavy atom. The number of aromatic nitrogens is 4. The van der Waals surface area contributed by atoms with Gasteiger partial charge < -0.3 is 10.6 Å². The number of aryl methyl sites for hydroxylation is 1. The summed E-state index contributed by atoms with van der Waals surface area (Å²) in [5, 5.41) is 13.7. The van der Waals surface area contributed by atoms with Crippen LogP contribution in [0.5, 0.6) is 0 Å². The lowest BCUT2D eigenvalue weighted by Crippen LogP contribution is -2.35. The molecule has 7 nitrogen and oxygen atoms in total. The van der Waals surface area contributed by atoms with Gasteiger partial charge >= 0.3 is 6.18 Å². The summed E-state index contributed by atoms with van der Waals surface area (Å²) in [6.07, 6.45) is -3.17. The van der Waals surface area contributed by atoms with Gasteiger partial charge in [0.2, 0.25) is 0 Å². The van der Waals surface area contributed by atoms with E-state index in [9.17, 15) is 18.0 Å². The molecule has 0 unspecified atom stereocenters. The van der Waals surface area contributed by atoms with Crippen LogP contribution in [0.25, 0.3) is 0 Å². The number of anilines is 2. The summed E-state index contributed by atoms with van der Waals surface area (Å²) in [6.45, 7) is 2.49. The summed E-state index contributed by atoms with van der Waals surface area (Å²) in [5.74, 6) is -0.561. The van der Waals surface area contributed by atoms with Crippen molar-refractivity contribution in [3.8, 4) is 0 Å². The van der Waals surface area contributed by atoms with Crippen molar-refractivity contribution in [1.82, 2.24) is 19.6 Å². The smallest absolute Gasteiger partial charge is 0.362 e. The number of alkyl halides is 3. The number of carbonyl (C=O) groups is 1. The standard InChI is InChI=1S/C25H22ClF3N6O/c1-15-7-5-6-10-17(15)14-34-12-11-20(32-34)31-24(36)22-21(26)23-30-18(16-8-3-2-4-9-16)13-19(25(27,28)29)35(23)33-22/h2-12,18-19,30H,13-14H2,1H3,(H,31,32,36)/t18-,19-/m0/s1. The number of rotatable bonds is 5. The molecular weight excluding hydrogens is 493 g/mol. The fraction of sp³-hybridized carbons (Fsp3) is 0.240. The number of amides is 1. The van der Waals surface area contributed by atoms with Crippen LogP contribution >= 0.6 is 11.6 Å². The monoisotopic (exact) mass is 514 g/mol. The Kier molecular flexibility index (Phi) is 6.21. The van der Waals surface area contributed by atoms with Crippen molar-refractivity contribution in [2.75, 3.05) is 10.6 Å². The highest BCUT2D eigenvalue weighted by Crippen LogP contribution is 2.46. The molecule has 0 bridgehead atoms. The van der Waals surface area contributed by atoms with Crippen molar-refractivity contribution < 1.29 is 18.0 Å². The average Bonchev–Trinajstić information content (AvgIpc) is 3.43. The predicted molar refractivity (Wildman–Crippen MR) is 130 cm³/mol. The van der Waals surface area contributed by atoms with E-state index in [1.54, 1.807) is 47.3 Å². The molecule has 0 spiro atoms. The zero-order chi connectivity index (χ0) is 25.4. The van der Waals surface area contributed by atoms with Crippen molar-refractivity contribution in [3.05, 3.63) is 94.3 Å². The zero-order valence-electron chi connectivity index (χ0n) is 19.1. The highest BCUT2D eigenvalue weighted by Gasteiger charge is 2.47. The minimum atomic E-state index is -4.58. The summed E-state index contributed by atoms with van der Waals surface area (Å²) in [4.78, 5) is 13.0. The van der Waals surface area contributed by atoms with Crippen molar-refractivity contribution in [2.24, 2.45) is 0 Å². The molecule has 186 valence electrons. The van der Waals surface area contributed by atoms with Crippen LogP contribution in [-0.2, 0) is 6.54 Å². The van der Waals surface area contributed by atoms with Crippen LogP contribution in [0.3, 0.4) is 0 Å². The number of halogens is 4. The van der Waals surface area contributed by atoms with Gasteiger partial charge in [0, 0.05) is 18.7 Å². The maximum absolute atomic E-state index is 14.0. The summed E-state index contributed by atoms with van der Waals surface area (Å²) < 4.78 is 44.3. The molecule has 0 fully saturated rings. The molecule has 11 heteroatoms. The Bertz CT molecular complexity index is 1400. The summed E-state index contributed by atoms with van der Waals surface area (Å²) >= 11 is 6.40. The summed E-state index contributed by atoms with van der Waals surface area (Å²) in [6, 6.07) is 15.7. The minimum absolute atomic E-state index is 0.0469. The van der Waals surface area contributed by atoms with E-state index < -0.39 is 24.2 Å². The number of benzene rings is 2. The third-order valence-electron chi connectivity index (χ3n) is 6.19. The number of hydrogen-bond acceptors (Lipinski definition) is 4. The highest BCUT2D eigenvalue weighted by molar-refractivity contribution is 6.36. The molecule has 2 atom stereocenters. The molecule has 5 rings (SSSR count). The van der Waals surface area contributed by atoms with Crippen molar-refractivity contribution >= 4 is 29.1 Å². The van der Waals surface area contributed by atoms with Gasteiger partial charge in [0.1, 0.15) is 10.8 Å². The van der Waals surface area contributed by atoms with Gasteiger partial charge in [-0.25, -0.2) is 4.68 Å². The molecule has 2 aromatic carbocycles. The summed E-state index contributed by atoms with van der Waals surface area (Å²) in [5.41, 5.74) is 2.55. The second-order valence-corrected chi connectivity index (χ2v) is 9.01. The second-order valence-electron chi connectivity index (χ2n) is 8.64. The van der Waals surface area contributed by atoms with Gasteiger partial charge in [-0.3, -0.25) is 9.48 Å². The number of nitrogens with one attached hydrogen (secondary N) is 2. The van der Waals surface area contributed by atoms with Gasteiger partial charge in [-0.15, -0.1) is 0 Å². The molecule has 3 heterocycles. The van der Waals surface area contributed by atoms with Crippen LogP contribution in [0.2, 0.25) is 5.02 Å². The van der Waals surface area contributed by atoms with Gasteiger partial charge in [0.25, 0.3) is 5.91 Å². The molecule has 0 saturated carbocycles. The molecule has 4 aromatic rings. The van der Waals surface area contributed by atoms with Gasteiger partial charge in [-0.05, 0) is 23.6 Å². The fourth-order valence-electron chi connectivity index (χ4n) is 4.29. The molecule has 1 aliphatic heterocycles. The quantitative estimate of drug-likeness (QED) is 0.342. The number of fused-ring (bicyclic) bond motifs is 1. The Morgan fingerprint density at radius 3 is 2.56 bits per heavy atom. The highest BCUT2D eigenvalue weighted by atomic mass is 35.5. The first-order valence-electron chi connectivity index (χ1n) is 11.3. The number of nitrogens with zero attached hydrogens (tertiary/aromatic N) is 4. The molecule has 0 radical (unpaired) electrons. The van der Waals surface area contributed by atoms with Gasteiger partial charge in [-0.1, -0.05) is 66.2 Å². The van der Waals surface area contributed by atoms with E-state index in [1.165, 1.54) is 0 Å². The van der Waals surface area contributed by atoms with Crippen molar-refractivity contribution in [3.63, 3.8) is 0 Å². The molecule has 36 heavy (non-hydrogen) atoms. The normalized spacial score (nSPS) is 17.4. The Balaban J connectivity index is 1.39. The molecule has 1 aliphatic rings. The van der Waals surface area contributed by atoms with E-state index >= 15 is 0 Å². The SMILES string of the molecule is Cc1ccccc1Cn1ccc(NC(=O)c2nn3c(c2Cl)N[C@H](c2ccccc2)C[C@H]3C(F)(F)F)n1. The van der Waals surface area contributed by atoms with E-state index in [0.29, 0.717) is 12.1 Å². The molecular formula is C25H22ClF3N6O. The first kappa shape index (κ1) is 23.9. The lowest BCUT2D eigenvalue weighted by Gasteiger charge is -2.33. The number of carbonyl (C=O) groups excluding carboxylic acids is 1. The van der Waals surface area contributed by atoms with Crippen LogP contribution in [0, 0.1) is 6.92 Å². The summed E-state index contributed by atoms with van der Waals surface area (Å²) in [7, 11) is 0. The van der Waals surface area contributed by atoms with Gasteiger partial charge in [0.05, 0.1) is 12.6 Å². The molecule has 2 aromatic heterocycles. The fourth-order valence-corrected chi connectivity index (χ4v) is 4.56. The van der Waals surface area contributed by atoms with Gasteiger partial charge in [-0.2, -0.15) is 23.4 Å². The van der Waals surface area contributed by atoms with E-state index in [0.717, 1.165) is 15.8 Å². The molecule has 1 amide bonds. The maximum atomic E-state index is 14.0. The van der Waals surface area contributed by atoms with Crippen LogP contribution < -0.4 is 10.6 Å². The minimum Gasteiger partial charge on any atom is -0.362 e. The van der Waals surface area contributed by atoms with E-state index in [2.05, 4.69) is 20.8 Å². The topological polar surface area (TPSA) is 76.8 Å². The maximum Gasteiger partial charge on any atom is 0.410 e. The van der Waals surface area contributed by atoms with Crippen molar-refractivity contribution in [2.45, 2.75) is 38.1 Å². The lowest BCUT2D eigenvalue weighted by molar-refractivity contribution is -0.173. The first-order chi connectivity index (χ1) is 17.2. The largest absolute Gasteiger partial charge is 0.410 e. The van der Waals surface area contributed by atoms with Crippen LogP contribution in [0.1, 0.15) is 45.7 Å². The molecule has 2 N–H and O–H groups in total. The van der Waals surface area contributed by atoms with Crippen LogP contribution in [-0.4, -0.2) is 31.6 Å². The predicted octanol–water partition coefficient (Wildman–Crippen LogP) is 6.00. The van der Waals surface area contributed by atoms with E-state index in [-0.39, 0.29) is 28.8 Å². The zero-order valence-corrected chi connectivity index (χ0v) is 19.9. The average molecular weight is 515 g/mol. The van der Waals surface area contributed by atoms with Gasteiger partial charge in [0.15, 0.2) is 17.6 Å². The van der Waals surface area contributed by atoms with E-state index in [1.807, 2.05) is 31.2 Å². The molecule has 0 aliphatic carbocycles. The Morgan fingerprint density at radius 1 is 1.11 bits per heavy atom. The third kappa shape index (κ3) is 4.68. The second kappa shape index (κ2) is 9.34. The lowest BCUT2D eigenvalue weighted by atomic mass is 9.97. The molecule has 0 saturated heterocycles. The third-order valence-corrected chi connectivity index (χ3v) is 6.55. The van der Waals surface area contributed by atoms with E-state index in [4.69, 9.17) is 11.6 Å². The van der Waals surface area contributed by atoms with Crippen molar-refractivity contribution in [1.29, 1.82) is 0 Å². The number of hydrogen-bond donors (Lipinski definition) is 2. The Hall–Kier alpha value is -3.79. The first-order valence-corrected chi connectivity index (χ1v) is 11.6. The Labute approximate surface area is 209 Å². The van der Waals surface area contributed by atoms with Crippen LogP contribution in [0.15, 0.2) is 66.9 Å². The van der Waals surface area contributed by atoms with Crippen LogP contribution in [0.4, 0.5) is 24.8 Å².